The molecule has 174 valence electrons. The Morgan fingerprint density at radius 1 is 0.970 bits per heavy atom. The molecule has 1 amide bonds. The van der Waals surface area contributed by atoms with Crippen molar-refractivity contribution in [2.75, 3.05) is 63.8 Å². The number of esters is 1. The third-order valence-electron chi connectivity index (χ3n) is 5.54. The molecular formula is C23H26N4O5S. The van der Waals surface area contributed by atoms with Crippen LogP contribution in [-0.2, 0) is 4.74 Å². The molecule has 10 heteroatoms. The summed E-state index contributed by atoms with van der Waals surface area (Å²) in [4.78, 5) is 29.3. The molecular weight excluding hydrogens is 444 g/mol. The topological polar surface area (TPSA) is 92.4 Å². The van der Waals surface area contributed by atoms with Gasteiger partial charge < -0.3 is 29.3 Å². The third-order valence-corrected chi connectivity index (χ3v) is 5.75. The van der Waals surface area contributed by atoms with E-state index in [9.17, 15) is 9.59 Å². The summed E-state index contributed by atoms with van der Waals surface area (Å²) in [7, 11) is 3.42. The Balaban J connectivity index is 1.50. The van der Waals surface area contributed by atoms with E-state index in [4.69, 9.17) is 26.4 Å². The number of hydrogen-bond donors (Lipinski definition) is 2. The zero-order valence-corrected chi connectivity index (χ0v) is 19.4. The zero-order valence-electron chi connectivity index (χ0n) is 18.6. The molecule has 33 heavy (non-hydrogen) atoms. The van der Waals surface area contributed by atoms with Crippen molar-refractivity contribution in [1.82, 2.24) is 10.2 Å². The van der Waals surface area contributed by atoms with E-state index in [0.717, 1.165) is 31.9 Å². The molecule has 0 spiro atoms. The fourth-order valence-electron chi connectivity index (χ4n) is 3.72. The van der Waals surface area contributed by atoms with Gasteiger partial charge in [0.1, 0.15) is 13.2 Å². The highest BCUT2D eigenvalue weighted by Crippen LogP contribution is 2.31. The number of ether oxygens (including phenoxy) is 3. The van der Waals surface area contributed by atoms with Gasteiger partial charge in [-0.1, -0.05) is 0 Å². The molecule has 2 aromatic carbocycles. The van der Waals surface area contributed by atoms with E-state index in [0.29, 0.717) is 41.5 Å². The van der Waals surface area contributed by atoms with Gasteiger partial charge in [-0.25, -0.2) is 4.79 Å². The minimum absolute atomic E-state index is 0.118. The van der Waals surface area contributed by atoms with Gasteiger partial charge in [0.15, 0.2) is 16.6 Å². The second-order valence-corrected chi connectivity index (χ2v) is 8.19. The molecule has 2 N–H and O–H groups in total. The maximum absolute atomic E-state index is 12.8. The fraction of sp³-hybridized carbons (Fsp3) is 0.348. The van der Waals surface area contributed by atoms with Crippen LogP contribution < -0.4 is 25.0 Å². The third kappa shape index (κ3) is 5.35. The Hall–Kier alpha value is -3.37. The first-order valence-electron chi connectivity index (χ1n) is 10.6. The Bertz CT molecular complexity index is 1070. The van der Waals surface area contributed by atoms with Crippen LogP contribution in [0.4, 0.5) is 11.4 Å². The summed E-state index contributed by atoms with van der Waals surface area (Å²) in [6.07, 6.45) is 0. The lowest BCUT2D eigenvalue weighted by atomic mass is 10.1. The van der Waals surface area contributed by atoms with Gasteiger partial charge in [-0.05, 0) is 55.7 Å². The standard InChI is InChI=1S/C23H26N4O5S/c1-26-7-9-27(10-8-26)18-5-3-16(22(29)30-2)13-17(18)24-23(33)25-21(28)15-4-6-19-20(14-15)32-12-11-31-19/h3-6,13-14H,7-12H2,1-2H3,(H2,24,25,28,33). The van der Waals surface area contributed by atoms with Crippen molar-refractivity contribution >= 4 is 40.6 Å². The van der Waals surface area contributed by atoms with Gasteiger partial charge in [0.25, 0.3) is 5.91 Å². The number of fused-ring (bicyclic) bond motifs is 1. The number of rotatable bonds is 4. The zero-order chi connectivity index (χ0) is 23.4. The van der Waals surface area contributed by atoms with E-state index < -0.39 is 5.97 Å². The molecule has 0 unspecified atom stereocenters. The van der Waals surface area contributed by atoms with E-state index in [-0.39, 0.29) is 11.0 Å². The first-order chi connectivity index (χ1) is 15.9. The monoisotopic (exact) mass is 470 g/mol. The van der Waals surface area contributed by atoms with Crippen LogP contribution in [0.3, 0.4) is 0 Å². The van der Waals surface area contributed by atoms with Crippen molar-refractivity contribution in [1.29, 1.82) is 0 Å². The van der Waals surface area contributed by atoms with Crippen LogP contribution in [0.25, 0.3) is 0 Å². The van der Waals surface area contributed by atoms with Crippen LogP contribution >= 0.6 is 12.2 Å². The number of thiocarbonyl (C=S) groups is 1. The smallest absolute Gasteiger partial charge is 0.337 e. The molecule has 2 aromatic rings. The SMILES string of the molecule is COC(=O)c1ccc(N2CCN(C)CC2)c(NC(=S)NC(=O)c2ccc3c(c2)OCCO3)c1. The summed E-state index contributed by atoms with van der Waals surface area (Å²) in [5.41, 5.74) is 2.30. The van der Waals surface area contributed by atoms with Gasteiger partial charge in [-0.15, -0.1) is 0 Å². The maximum atomic E-state index is 12.8. The molecule has 0 aromatic heterocycles. The first kappa shape index (κ1) is 22.8. The van der Waals surface area contributed by atoms with Gasteiger partial charge >= 0.3 is 5.97 Å². The lowest BCUT2D eigenvalue weighted by molar-refractivity contribution is 0.0600. The highest BCUT2D eigenvalue weighted by molar-refractivity contribution is 7.80. The lowest BCUT2D eigenvalue weighted by Gasteiger charge is -2.35. The average Bonchev–Trinajstić information content (AvgIpc) is 2.83. The summed E-state index contributed by atoms with van der Waals surface area (Å²) >= 11 is 5.41. The number of carbonyl (C=O) groups is 2. The first-order valence-corrected chi connectivity index (χ1v) is 11.0. The van der Waals surface area contributed by atoms with Gasteiger partial charge in [0, 0.05) is 31.7 Å². The van der Waals surface area contributed by atoms with E-state index in [1.165, 1.54) is 7.11 Å². The molecule has 0 atom stereocenters. The Morgan fingerprint density at radius 2 is 1.67 bits per heavy atom. The molecule has 2 aliphatic heterocycles. The van der Waals surface area contributed by atoms with Crippen molar-refractivity contribution in [3.05, 3.63) is 47.5 Å². The summed E-state index contributed by atoms with van der Waals surface area (Å²) in [6, 6.07) is 10.2. The largest absolute Gasteiger partial charge is 0.486 e. The van der Waals surface area contributed by atoms with Crippen molar-refractivity contribution in [2.45, 2.75) is 0 Å². The molecule has 0 bridgehead atoms. The van der Waals surface area contributed by atoms with E-state index in [1.807, 2.05) is 6.07 Å². The normalized spacial score (nSPS) is 15.5. The Labute approximate surface area is 197 Å². The molecule has 0 saturated carbocycles. The van der Waals surface area contributed by atoms with Crippen LogP contribution in [-0.4, -0.2) is 75.4 Å². The van der Waals surface area contributed by atoms with Gasteiger partial charge in [-0.2, -0.15) is 0 Å². The molecule has 2 aliphatic rings. The number of hydrogen-bond acceptors (Lipinski definition) is 8. The second kappa shape index (κ2) is 10.1. The number of benzene rings is 2. The fourth-order valence-corrected chi connectivity index (χ4v) is 3.92. The van der Waals surface area contributed by atoms with Gasteiger partial charge in [-0.3, -0.25) is 10.1 Å². The number of likely N-dealkylation sites (N-methyl/N-ethyl adjacent to an activating group) is 1. The Kier molecular flexibility index (Phi) is 6.95. The molecule has 4 rings (SSSR count). The number of carbonyl (C=O) groups excluding carboxylic acids is 2. The number of nitrogens with zero attached hydrogens (tertiary/aromatic N) is 2. The van der Waals surface area contributed by atoms with Crippen LogP contribution in [0.1, 0.15) is 20.7 Å². The Morgan fingerprint density at radius 3 is 2.39 bits per heavy atom. The molecule has 0 aliphatic carbocycles. The van der Waals surface area contributed by atoms with Crippen molar-refractivity contribution in [2.24, 2.45) is 0 Å². The van der Waals surface area contributed by atoms with Crippen molar-refractivity contribution in [3.63, 3.8) is 0 Å². The molecule has 2 heterocycles. The average molecular weight is 471 g/mol. The summed E-state index contributed by atoms with van der Waals surface area (Å²) in [5, 5.41) is 5.89. The van der Waals surface area contributed by atoms with Gasteiger partial charge in [0.05, 0.1) is 24.0 Å². The van der Waals surface area contributed by atoms with Crippen LogP contribution in [0.15, 0.2) is 36.4 Å². The van der Waals surface area contributed by atoms with Crippen LogP contribution in [0.2, 0.25) is 0 Å². The molecule has 1 saturated heterocycles. The lowest BCUT2D eigenvalue weighted by Crippen LogP contribution is -2.45. The summed E-state index contributed by atoms with van der Waals surface area (Å²) < 4.78 is 15.9. The number of amides is 1. The molecule has 0 radical (unpaired) electrons. The van der Waals surface area contributed by atoms with Crippen LogP contribution in [0.5, 0.6) is 11.5 Å². The number of nitrogens with one attached hydrogen (secondary N) is 2. The number of anilines is 2. The minimum atomic E-state index is -0.450. The predicted octanol–water partition coefficient (Wildman–Crippen LogP) is 2.12. The summed E-state index contributed by atoms with van der Waals surface area (Å²) in [6.45, 7) is 4.42. The molecule has 1 fully saturated rings. The van der Waals surface area contributed by atoms with E-state index in [2.05, 4.69) is 27.5 Å². The van der Waals surface area contributed by atoms with E-state index >= 15 is 0 Å². The quantitative estimate of drug-likeness (QED) is 0.515. The minimum Gasteiger partial charge on any atom is -0.486 e. The highest BCUT2D eigenvalue weighted by Gasteiger charge is 2.20. The van der Waals surface area contributed by atoms with Gasteiger partial charge in [0.2, 0.25) is 0 Å². The number of piperazine rings is 1. The maximum Gasteiger partial charge on any atom is 0.337 e. The molecule has 9 nitrogen and oxygen atoms in total. The number of methoxy groups -OCH3 is 1. The predicted molar refractivity (Wildman–Crippen MR) is 129 cm³/mol. The van der Waals surface area contributed by atoms with E-state index in [1.54, 1.807) is 30.3 Å². The van der Waals surface area contributed by atoms with Crippen molar-refractivity contribution in [3.8, 4) is 11.5 Å². The van der Waals surface area contributed by atoms with Crippen molar-refractivity contribution < 1.29 is 23.8 Å². The highest BCUT2D eigenvalue weighted by atomic mass is 32.1. The van der Waals surface area contributed by atoms with Crippen LogP contribution in [0, 0.1) is 0 Å². The second-order valence-electron chi connectivity index (χ2n) is 7.78. The summed E-state index contributed by atoms with van der Waals surface area (Å²) in [5.74, 6) is 0.301.